The van der Waals surface area contributed by atoms with Crippen LogP contribution in [-0.2, 0) is 6.18 Å². The minimum Gasteiger partial charge on any atom is -0.322 e. The molecule has 2 aromatic heterocycles. The lowest BCUT2D eigenvalue weighted by Gasteiger charge is -2.12. The van der Waals surface area contributed by atoms with Crippen LogP contribution < -0.4 is 5.32 Å². The van der Waals surface area contributed by atoms with Crippen LogP contribution in [0.3, 0.4) is 0 Å². The number of halogens is 3. The average Bonchev–Trinajstić information content (AvgIpc) is 3.03. The van der Waals surface area contributed by atoms with Gasteiger partial charge in [-0.2, -0.15) is 18.3 Å². The predicted octanol–water partition coefficient (Wildman–Crippen LogP) is 3.85. The number of nitrogens with zero attached hydrogens (tertiary/aromatic N) is 3. The first-order valence-electron chi connectivity index (χ1n) is 7.31. The van der Waals surface area contributed by atoms with Gasteiger partial charge in [0.25, 0.3) is 5.91 Å². The summed E-state index contributed by atoms with van der Waals surface area (Å²) in [5.74, 6) is -0.914. The normalized spacial score (nSPS) is 11.4. The third-order valence-corrected chi connectivity index (χ3v) is 3.46. The number of rotatable bonds is 3. The van der Waals surface area contributed by atoms with Crippen LogP contribution in [0, 0.1) is 6.92 Å². The van der Waals surface area contributed by atoms with E-state index in [9.17, 15) is 18.0 Å². The number of benzene rings is 1. The zero-order valence-electron chi connectivity index (χ0n) is 13.1. The van der Waals surface area contributed by atoms with E-state index in [0.717, 1.165) is 11.8 Å². The summed E-state index contributed by atoms with van der Waals surface area (Å²) in [5.41, 5.74) is -0.374. The minimum absolute atomic E-state index is 0.0239. The van der Waals surface area contributed by atoms with Crippen molar-refractivity contribution in [3.05, 3.63) is 71.7 Å². The highest BCUT2D eigenvalue weighted by Gasteiger charge is 2.40. The van der Waals surface area contributed by atoms with Crippen molar-refractivity contribution in [2.45, 2.75) is 13.1 Å². The van der Waals surface area contributed by atoms with Crippen LogP contribution in [0.25, 0.3) is 5.82 Å². The summed E-state index contributed by atoms with van der Waals surface area (Å²) in [5, 5.41) is 6.15. The van der Waals surface area contributed by atoms with Crippen molar-refractivity contribution >= 4 is 11.6 Å². The van der Waals surface area contributed by atoms with Gasteiger partial charge in [-0.3, -0.25) is 4.79 Å². The Morgan fingerprint density at radius 3 is 2.44 bits per heavy atom. The van der Waals surface area contributed by atoms with Gasteiger partial charge in [0.1, 0.15) is 0 Å². The summed E-state index contributed by atoms with van der Waals surface area (Å²) >= 11 is 0. The van der Waals surface area contributed by atoms with Gasteiger partial charge in [-0.25, -0.2) is 9.67 Å². The Bertz CT molecular complexity index is 887. The molecule has 0 atom stereocenters. The van der Waals surface area contributed by atoms with Crippen LogP contribution in [0.1, 0.15) is 21.6 Å². The maximum absolute atomic E-state index is 13.5. The standard InChI is InChI=1S/C17H13F3N4O/c1-11-5-7-12(8-6-11)23-16(25)13-10-22-24(15(13)17(18,19)20)14-4-2-3-9-21-14/h2-10H,1H3,(H,23,25). The van der Waals surface area contributed by atoms with Gasteiger partial charge in [0.2, 0.25) is 0 Å². The van der Waals surface area contributed by atoms with Gasteiger partial charge >= 0.3 is 6.18 Å². The van der Waals surface area contributed by atoms with Gasteiger partial charge in [-0.15, -0.1) is 0 Å². The number of carbonyl (C=O) groups excluding carboxylic acids is 1. The Morgan fingerprint density at radius 1 is 1.12 bits per heavy atom. The third kappa shape index (κ3) is 3.52. The zero-order chi connectivity index (χ0) is 18.0. The molecule has 2 heterocycles. The predicted molar refractivity (Wildman–Crippen MR) is 85.5 cm³/mol. The summed E-state index contributed by atoms with van der Waals surface area (Å²) in [7, 11) is 0. The van der Waals surface area contributed by atoms with E-state index in [1.807, 2.05) is 6.92 Å². The second-order valence-electron chi connectivity index (χ2n) is 5.32. The Labute approximate surface area is 141 Å². The fraction of sp³-hybridized carbons (Fsp3) is 0.118. The Morgan fingerprint density at radius 2 is 1.84 bits per heavy atom. The second-order valence-corrected chi connectivity index (χ2v) is 5.32. The maximum Gasteiger partial charge on any atom is 0.434 e. The number of anilines is 1. The Balaban J connectivity index is 2.00. The summed E-state index contributed by atoms with van der Waals surface area (Å²) in [6, 6.07) is 11.2. The summed E-state index contributed by atoms with van der Waals surface area (Å²) in [6.07, 6.45) is -2.53. The Hall–Kier alpha value is -3.16. The van der Waals surface area contributed by atoms with Crippen molar-refractivity contribution in [1.29, 1.82) is 0 Å². The molecule has 0 aliphatic heterocycles. The molecule has 8 heteroatoms. The van der Waals surface area contributed by atoms with Crippen LogP contribution in [0.15, 0.2) is 54.9 Å². The van der Waals surface area contributed by atoms with Crippen LogP contribution in [0.4, 0.5) is 18.9 Å². The molecule has 3 aromatic rings. The molecule has 128 valence electrons. The van der Waals surface area contributed by atoms with Gasteiger partial charge in [-0.1, -0.05) is 23.8 Å². The van der Waals surface area contributed by atoms with Gasteiger partial charge in [0.05, 0.1) is 11.8 Å². The number of hydrogen-bond acceptors (Lipinski definition) is 3. The van der Waals surface area contributed by atoms with Gasteiger partial charge in [0, 0.05) is 11.9 Å². The number of pyridine rings is 1. The van der Waals surface area contributed by atoms with Crippen LogP contribution in [-0.4, -0.2) is 20.7 Å². The number of aryl methyl sites for hydroxylation is 1. The molecule has 5 nitrogen and oxygen atoms in total. The number of carbonyl (C=O) groups is 1. The molecule has 1 aromatic carbocycles. The van der Waals surface area contributed by atoms with E-state index in [0.29, 0.717) is 10.4 Å². The molecular weight excluding hydrogens is 333 g/mol. The Kier molecular flexibility index (Phi) is 4.26. The van der Waals surface area contributed by atoms with Crippen molar-refractivity contribution in [3.8, 4) is 5.82 Å². The molecular formula is C17H13F3N4O. The summed E-state index contributed by atoms with van der Waals surface area (Å²) in [4.78, 5) is 16.2. The quantitative estimate of drug-likeness (QED) is 0.784. The van der Waals surface area contributed by atoms with Crippen molar-refractivity contribution < 1.29 is 18.0 Å². The topological polar surface area (TPSA) is 59.8 Å². The third-order valence-electron chi connectivity index (χ3n) is 3.46. The summed E-state index contributed by atoms with van der Waals surface area (Å²) in [6.45, 7) is 1.87. The molecule has 25 heavy (non-hydrogen) atoms. The van der Waals surface area contributed by atoms with Gasteiger partial charge < -0.3 is 5.32 Å². The van der Waals surface area contributed by atoms with E-state index in [1.54, 1.807) is 30.3 Å². The molecule has 0 bridgehead atoms. The lowest BCUT2D eigenvalue weighted by Crippen LogP contribution is -2.21. The fourth-order valence-corrected chi connectivity index (χ4v) is 2.28. The van der Waals surface area contributed by atoms with Crippen LogP contribution in [0.5, 0.6) is 0 Å². The molecule has 0 radical (unpaired) electrons. The molecule has 0 saturated heterocycles. The van der Waals surface area contributed by atoms with E-state index in [1.165, 1.54) is 18.3 Å². The number of nitrogens with one attached hydrogen (secondary N) is 1. The molecule has 0 saturated carbocycles. The van der Waals surface area contributed by atoms with Gasteiger partial charge in [-0.05, 0) is 31.2 Å². The number of alkyl halides is 3. The number of aromatic nitrogens is 3. The highest BCUT2D eigenvalue weighted by molar-refractivity contribution is 6.05. The van der Waals surface area contributed by atoms with E-state index in [2.05, 4.69) is 15.4 Å². The van der Waals surface area contributed by atoms with E-state index in [4.69, 9.17) is 0 Å². The molecule has 3 rings (SSSR count). The maximum atomic E-state index is 13.5. The van der Waals surface area contributed by atoms with Crippen molar-refractivity contribution in [3.63, 3.8) is 0 Å². The van der Waals surface area contributed by atoms with E-state index in [-0.39, 0.29) is 5.82 Å². The van der Waals surface area contributed by atoms with Crippen molar-refractivity contribution in [1.82, 2.24) is 14.8 Å². The lowest BCUT2D eigenvalue weighted by molar-refractivity contribution is -0.143. The molecule has 1 amide bonds. The highest BCUT2D eigenvalue weighted by atomic mass is 19.4. The van der Waals surface area contributed by atoms with E-state index < -0.39 is 23.3 Å². The lowest BCUT2D eigenvalue weighted by atomic mass is 10.2. The molecule has 0 aliphatic carbocycles. The smallest absolute Gasteiger partial charge is 0.322 e. The fourth-order valence-electron chi connectivity index (χ4n) is 2.28. The molecule has 0 spiro atoms. The molecule has 0 fully saturated rings. The molecule has 0 unspecified atom stereocenters. The van der Waals surface area contributed by atoms with Crippen molar-refractivity contribution in [2.24, 2.45) is 0 Å². The largest absolute Gasteiger partial charge is 0.434 e. The zero-order valence-corrected chi connectivity index (χ0v) is 13.1. The first kappa shape index (κ1) is 16.7. The number of hydrogen-bond donors (Lipinski definition) is 1. The number of amides is 1. The van der Waals surface area contributed by atoms with Gasteiger partial charge in [0.15, 0.2) is 11.5 Å². The SMILES string of the molecule is Cc1ccc(NC(=O)c2cnn(-c3ccccn3)c2C(F)(F)F)cc1. The highest BCUT2D eigenvalue weighted by Crippen LogP contribution is 2.33. The first-order chi connectivity index (χ1) is 11.9. The van der Waals surface area contributed by atoms with Crippen molar-refractivity contribution in [2.75, 3.05) is 5.32 Å². The van der Waals surface area contributed by atoms with Crippen LogP contribution >= 0.6 is 0 Å². The molecule has 0 aliphatic rings. The summed E-state index contributed by atoms with van der Waals surface area (Å²) < 4.78 is 41.1. The molecule has 1 N–H and O–H groups in total. The first-order valence-corrected chi connectivity index (χ1v) is 7.31. The minimum atomic E-state index is -4.77. The monoisotopic (exact) mass is 346 g/mol. The average molecular weight is 346 g/mol. The van der Waals surface area contributed by atoms with E-state index >= 15 is 0 Å². The second kappa shape index (κ2) is 6.39. The van der Waals surface area contributed by atoms with Crippen LogP contribution in [0.2, 0.25) is 0 Å².